The highest BCUT2D eigenvalue weighted by Gasteiger charge is 2.16. The van der Waals surface area contributed by atoms with Crippen LogP contribution >= 0.6 is 39.0 Å². The number of allylic oxidation sites excluding steroid dienone is 1. The van der Waals surface area contributed by atoms with Gasteiger partial charge in [-0.2, -0.15) is 0 Å². The second kappa shape index (κ2) is 10.2. The quantitative estimate of drug-likeness (QED) is 0.223. The summed E-state index contributed by atoms with van der Waals surface area (Å²) in [5.74, 6) is 0.832. The van der Waals surface area contributed by atoms with Crippen LogP contribution in [0.2, 0.25) is 0 Å². The lowest BCUT2D eigenvalue weighted by atomic mass is 10.1. The van der Waals surface area contributed by atoms with Crippen LogP contribution in [0.3, 0.4) is 0 Å². The number of thiazole rings is 1. The highest BCUT2D eigenvalue weighted by molar-refractivity contribution is 9.10. The van der Waals surface area contributed by atoms with Crippen LogP contribution in [0.1, 0.15) is 5.56 Å². The Morgan fingerprint density at radius 1 is 1.22 bits per heavy atom. The molecule has 0 bridgehead atoms. The molecule has 162 valence electrons. The number of carbonyl (C=O) groups is 1. The lowest BCUT2D eigenvalue weighted by molar-refractivity contribution is -0.113. The molecule has 4 aromatic rings. The number of thioether (sulfide) groups is 1. The van der Waals surface area contributed by atoms with E-state index in [0.717, 1.165) is 32.7 Å². The van der Waals surface area contributed by atoms with Gasteiger partial charge in [0.1, 0.15) is 0 Å². The normalized spacial score (nSPS) is 10.8. The number of aryl methyl sites for hydroxylation is 1. The van der Waals surface area contributed by atoms with Gasteiger partial charge in [-0.05, 0) is 24.6 Å². The second-order valence-corrected chi connectivity index (χ2v) is 9.62. The van der Waals surface area contributed by atoms with E-state index in [1.807, 2.05) is 65.4 Å². The molecule has 0 unspecified atom stereocenters. The Bertz CT molecular complexity index is 1250. The van der Waals surface area contributed by atoms with Gasteiger partial charge in [0.2, 0.25) is 5.91 Å². The monoisotopic (exact) mass is 525 g/mol. The molecule has 0 fully saturated rings. The van der Waals surface area contributed by atoms with Gasteiger partial charge in [-0.15, -0.1) is 28.1 Å². The molecular formula is C23H20BrN5OS2. The van der Waals surface area contributed by atoms with Gasteiger partial charge in [0.05, 0.1) is 11.4 Å². The molecule has 32 heavy (non-hydrogen) atoms. The maximum absolute atomic E-state index is 12.5. The summed E-state index contributed by atoms with van der Waals surface area (Å²) in [5, 5.41) is 14.7. The van der Waals surface area contributed by atoms with Gasteiger partial charge in [0.25, 0.3) is 0 Å². The standard InChI is InChI=1S/C23H20BrN5OS2/c1-3-12-29-21(18-7-5-4-6-15(18)2)27-28-23(29)32-14-20(30)26-22-25-19(13-31-22)16-8-10-17(24)11-9-16/h3-11,13H,1,12,14H2,2H3,(H,25,26,30). The summed E-state index contributed by atoms with van der Waals surface area (Å²) in [6.45, 7) is 6.44. The van der Waals surface area contributed by atoms with Crippen molar-refractivity contribution in [3.8, 4) is 22.6 Å². The Morgan fingerprint density at radius 2 is 2.00 bits per heavy atom. The fourth-order valence-electron chi connectivity index (χ4n) is 3.08. The first-order chi connectivity index (χ1) is 15.5. The van der Waals surface area contributed by atoms with Gasteiger partial charge in [-0.1, -0.05) is 70.2 Å². The minimum atomic E-state index is -0.141. The van der Waals surface area contributed by atoms with Crippen LogP contribution in [0.4, 0.5) is 5.13 Å². The second-order valence-electron chi connectivity index (χ2n) is 6.90. The summed E-state index contributed by atoms with van der Waals surface area (Å²) in [5.41, 5.74) is 3.96. The van der Waals surface area contributed by atoms with Crippen molar-refractivity contribution >= 4 is 50.1 Å². The van der Waals surface area contributed by atoms with Gasteiger partial charge < -0.3 is 5.32 Å². The van der Waals surface area contributed by atoms with E-state index in [9.17, 15) is 4.79 Å². The molecule has 0 spiro atoms. The predicted molar refractivity (Wildman–Crippen MR) is 135 cm³/mol. The molecule has 4 rings (SSSR count). The third kappa shape index (κ3) is 5.17. The molecule has 1 N–H and O–H groups in total. The zero-order chi connectivity index (χ0) is 22.5. The molecule has 0 saturated carbocycles. The van der Waals surface area contributed by atoms with Crippen molar-refractivity contribution in [3.05, 3.63) is 76.6 Å². The number of aromatic nitrogens is 4. The summed E-state index contributed by atoms with van der Waals surface area (Å²) in [7, 11) is 0. The Kier molecular flexibility index (Phi) is 7.19. The molecule has 2 aromatic carbocycles. The molecule has 0 aliphatic carbocycles. The van der Waals surface area contributed by atoms with Crippen molar-refractivity contribution in [2.45, 2.75) is 18.6 Å². The van der Waals surface area contributed by atoms with E-state index in [-0.39, 0.29) is 11.7 Å². The molecule has 0 aliphatic heterocycles. The van der Waals surface area contributed by atoms with Crippen LogP contribution in [-0.4, -0.2) is 31.4 Å². The van der Waals surface area contributed by atoms with Gasteiger partial charge in [0.15, 0.2) is 16.1 Å². The highest BCUT2D eigenvalue weighted by Crippen LogP contribution is 2.28. The topological polar surface area (TPSA) is 72.7 Å². The van der Waals surface area contributed by atoms with Crippen LogP contribution in [-0.2, 0) is 11.3 Å². The first-order valence-corrected chi connectivity index (χ1v) is 12.4. The zero-order valence-corrected chi connectivity index (χ0v) is 20.5. The lowest BCUT2D eigenvalue weighted by Gasteiger charge is -2.09. The van der Waals surface area contributed by atoms with Crippen molar-refractivity contribution in [1.82, 2.24) is 19.7 Å². The summed E-state index contributed by atoms with van der Waals surface area (Å²) in [6, 6.07) is 15.9. The number of hydrogen-bond acceptors (Lipinski definition) is 6. The fourth-order valence-corrected chi connectivity index (χ4v) is 4.83. The fraction of sp³-hybridized carbons (Fsp3) is 0.130. The molecule has 2 aromatic heterocycles. The summed E-state index contributed by atoms with van der Waals surface area (Å²) >= 11 is 6.18. The van der Waals surface area contributed by atoms with Gasteiger partial charge >= 0.3 is 0 Å². The highest BCUT2D eigenvalue weighted by atomic mass is 79.9. The average molecular weight is 526 g/mol. The molecule has 6 nitrogen and oxygen atoms in total. The number of rotatable bonds is 8. The molecule has 0 atom stereocenters. The number of nitrogens with zero attached hydrogens (tertiary/aromatic N) is 4. The first kappa shape index (κ1) is 22.4. The van der Waals surface area contributed by atoms with Crippen LogP contribution in [0.5, 0.6) is 0 Å². The third-order valence-electron chi connectivity index (χ3n) is 4.64. The van der Waals surface area contributed by atoms with Crippen molar-refractivity contribution in [2.24, 2.45) is 0 Å². The molecule has 2 heterocycles. The van der Waals surface area contributed by atoms with Crippen molar-refractivity contribution in [3.63, 3.8) is 0 Å². The molecule has 0 radical (unpaired) electrons. The maximum atomic E-state index is 12.5. The van der Waals surface area contributed by atoms with Gasteiger partial charge in [-0.25, -0.2) is 4.98 Å². The molecule has 1 amide bonds. The Morgan fingerprint density at radius 3 is 2.75 bits per heavy atom. The lowest BCUT2D eigenvalue weighted by Crippen LogP contribution is -2.14. The van der Waals surface area contributed by atoms with Crippen molar-refractivity contribution < 1.29 is 4.79 Å². The number of nitrogens with one attached hydrogen (secondary N) is 1. The van der Waals surface area contributed by atoms with E-state index in [1.165, 1.54) is 23.1 Å². The third-order valence-corrected chi connectivity index (χ3v) is 6.89. The minimum Gasteiger partial charge on any atom is -0.301 e. The van der Waals surface area contributed by atoms with Crippen LogP contribution < -0.4 is 5.32 Å². The predicted octanol–water partition coefficient (Wildman–Crippen LogP) is 6.06. The van der Waals surface area contributed by atoms with Crippen molar-refractivity contribution in [2.75, 3.05) is 11.1 Å². The molecule has 0 saturated heterocycles. The minimum absolute atomic E-state index is 0.141. The van der Waals surface area contributed by atoms with E-state index >= 15 is 0 Å². The van der Waals surface area contributed by atoms with E-state index in [4.69, 9.17) is 0 Å². The summed E-state index contributed by atoms with van der Waals surface area (Å²) in [4.78, 5) is 17.0. The number of anilines is 1. The van der Waals surface area contributed by atoms with Crippen LogP contribution in [0, 0.1) is 6.92 Å². The summed E-state index contributed by atoms with van der Waals surface area (Å²) < 4.78 is 2.99. The zero-order valence-electron chi connectivity index (χ0n) is 17.3. The van der Waals surface area contributed by atoms with Gasteiger partial charge in [0, 0.05) is 27.5 Å². The number of benzene rings is 2. The summed E-state index contributed by atoms with van der Waals surface area (Å²) in [6.07, 6.45) is 1.80. The smallest absolute Gasteiger partial charge is 0.236 e. The molecule has 0 aliphatic rings. The van der Waals surface area contributed by atoms with Crippen LogP contribution in [0.25, 0.3) is 22.6 Å². The number of hydrogen-bond donors (Lipinski definition) is 1. The average Bonchev–Trinajstić information content (AvgIpc) is 3.41. The SMILES string of the molecule is C=CCn1c(SCC(=O)Nc2nc(-c3ccc(Br)cc3)cs2)nnc1-c1ccccc1C. The largest absolute Gasteiger partial charge is 0.301 e. The Balaban J connectivity index is 1.43. The maximum Gasteiger partial charge on any atom is 0.236 e. The number of amides is 1. The van der Waals surface area contributed by atoms with E-state index < -0.39 is 0 Å². The van der Waals surface area contributed by atoms with E-state index in [0.29, 0.717) is 16.8 Å². The number of halogens is 1. The number of carbonyl (C=O) groups excluding carboxylic acids is 1. The van der Waals surface area contributed by atoms with E-state index in [1.54, 1.807) is 6.08 Å². The molecule has 9 heteroatoms. The Hall–Kier alpha value is -2.75. The molecular weight excluding hydrogens is 506 g/mol. The van der Waals surface area contributed by atoms with Gasteiger partial charge in [-0.3, -0.25) is 9.36 Å². The first-order valence-electron chi connectivity index (χ1n) is 9.79. The Labute approximate surface area is 202 Å². The van der Waals surface area contributed by atoms with Crippen molar-refractivity contribution in [1.29, 1.82) is 0 Å². The van der Waals surface area contributed by atoms with E-state index in [2.05, 4.69) is 43.0 Å². The van der Waals surface area contributed by atoms with Crippen LogP contribution in [0.15, 0.2) is 76.2 Å².